The number of hydrogen-bond donors (Lipinski definition) is 1. The van der Waals surface area contributed by atoms with Crippen molar-refractivity contribution in [2.75, 3.05) is 48.1 Å². The van der Waals surface area contributed by atoms with Crippen molar-refractivity contribution >= 4 is 40.6 Å². The van der Waals surface area contributed by atoms with Crippen molar-refractivity contribution in [3.05, 3.63) is 54.6 Å². The fraction of sp³-hybridized carbons (Fsp3) is 0.304. The van der Waals surface area contributed by atoms with E-state index in [9.17, 15) is 14.4 Å². The molecule has 0 unspecified atom stereocenters. The molecule has 0 aromatic heterocycles. The van der Waals surface area contributed by atoms with Gasteiger partial charge in [-0.1, -0.05) is 18.2 Å². The molecule has 2 aromatic carbocycles. The van der Waals surface area contributed by atoms with Gasteiger partial charge in [-0.15, -0.1) is 0 Å². The second-order valence-corrected chi connectivity index (χ2v) is 7.36. The number of nitrogens with zero attached hydrogens (tertiary/aromatic N) is 3. The Balaban J connectivity index is 1.30. The molecular weight excluding hydrogens is 412 g/mol. The van der Waals surface area contributed by atoms with Crippen LogP contribution < -0.4 is 15.2 Å². The number of esters is 1. The lowest BCUT2D eigenvalue weighted by Crippen LogP contribution is -2.36. The molecular formula is C23H24N4O5. The monoisotopic (exact) mass is 436 g/mol. The first kappa shape index (κ1) is 21.5. The van der Waals surface area contributed by atoms with Gasteiger partial charge >= 0.3 is 5.97 Å². The fourth-order valence-corrected chi connectivity index (χ4v) is 3.46. The Kier molecular flexibility index (Phi) is 6.76. The quantitative estimate of drug-likeness (QED) is 0.697. The molecule has 1 N–H and O–H groups in total. The minimum Gasteiger partial charge on any atom is -0.451 e. The summed E-state index contributed by atoms with van der Waals surface area (Å²) in [5.74, 6) is -1.37. The van der Waals surface area contributed by atoms with Gasteiger partial charge in [0.05, 0.1) is 18.9 Å². The molecule has 1 saturated heterocycles. The first-order chi connectivity index (χ1) is 15.6. The second kappa shape index (κ2) is 10.1. The molecule has 0 radical (unpaired) electrons. The number of anilines is 3. The Morgan fingerprint density at radius 3 is 2.41 bits per heavy atom. The number of carbonyl (C=O) groups is 3. The van der Waals surface area contributed by atoms with Crippen LogP contribution >= 0.6 is 0 Å². The minimum atomic E-state index is -0.712. The van der Waals surface area contributed by atoms with Gasteiger partial charge in [0.1, 0.15) is 5.71 Å². The van der Waals surface area contributed by atoms with Crippen LogP contribution in [0.3, 0.4) is 0 Å². The van der Waals surface area contributed by atoms with Gasteiger partial charge in [-0.25, -0.2) is 9.80 Å². The van der Waals surface area contributed by atoms with E-state index < -0.39 is 18.5 Å². The van der Waals surface area contributed by atoms with E-state index >= 15 is 0 Å². The van der Waals surface area contributed by atoms with E-state index in [-0.39, 0.29) is 24.5 Å². The van der Waals surface area contributed by atoms with Gasteiger partial charge in [-0.05, 0) is 36.4 Å². The lowest BCUT2D eigenvalue weighted by atomic mass is 10.1. The molecule has 2 amide bonds. The van der Waals surface area contributed by atoms with Crippen LogP contribution in [0.4, 0.5) is 17.1 Å². The maximum atomic E-state index is 12.4. The fourth-order valence-electron chi connectivity index (χ4n) is 3.46. The number of rotatable bonds is 6. The SMILES string of the molecule is O=C(COC(=O)C1=NN(c2ccccc2)C(=O)CC1)Nc1ccc(N2CCOCC2)cc1. The molecule has 32 heavy (non-hydrogen) atoms. The largest absolute Gasteiger partial charge is 0.451 e. The highest BCUT2D eigenvalue weighted by Crippen LogP contribution is 2.21. The number of carbonyl (C=O) groups excluding carboxylic acids is 3. The predicted molar refractivity (Wildman–Crippen MR) is 120 cm³/mol. The molecule has 0 atom stereocenters. The molecule has 2 aliphatic rings. The van der Waals surface area contributed by atoms with Crippen LogP contribution in [0.25, 0.3) is 0 Å². The summed E-state index contributed by atoms with van der Waals surface area (Å²) in [4.78, 5) is 38.9. The first-order valence-corrected chi connectivity index (χ1v) is 10.5. The Morgan fingerprint density at radius 1 is 0.969 bits per heavy atom. The van der Waals surface area contributed by atoms with E-state index in [0.29, 0.717) is 24.6 Å². The molecule has 0 bridgehead atoms. The van der Waals surface area contributed by atoms with Crippen molar-refractivity contribution in [1.82, 2.24) is 0 Å². The molecule has 0 aliphatic carbocycles. The average molecular weight is 436 g/mol. The van der Waals surface area contributed by atoms with Gasteiger partial charge < -0.3 is 19.7 Å². The third-order valence-electron chi connectivity index (χ3n) is 5.13. The molecule has 166 valence electrons. The van der Waals surface area contributed by atoms with E-state index in [2.05, 4.69) is 15.3 Å². The highest BCUT2D eigenvalue weighted by molar-refractivity contribution is 6.38. The van der Waals surface area contributed by atoms with Crippen molar-refractivity contribution in [2.45, 2.75) is 12.8 Å². The number of ether oxygens (including phenoxy) is 2. The Bertz CT molecular complexity index is 1000. The lowest BCUT2D eigenvalue weighted by Gasteiger charge is -2.28. The van der Waals surface area contributed by atoms with Gasteiger partial charge in [0, 0.05) is 37.3 Å². The number of benzene rings is 2. The molecule has 2 heterocycles. The van der Waals surface area contributed by atoms with Crippen LogP contribution in [0.5, 0.6) is 0 Å². The van der Waals surface area contributed by atoms with E-state index in [1.165, 1.54) is 5.01 Å². The van der Waals surface area contributed by atoms with Crippen molar-refractivity contribution in [1.29, 1.82) is 0 Å². The highest BCUT2D eigenvalue weighted by Gasteiger charge is 2.26. The third kappa shape index (κ3) is 5.30. The summed E-state index contributed by atoms with van der Waals surface area (Å²) in [7, 11) is 0. The summed E-state index contributed by atoms with van der Waals surface area (Å²) in [6.07, 6.45) is 0.316. The Morgan fingerprint density at radius 2 is 1.69 bits per heavy atom. The van der Waals surface area contributed by atoms with Crippen molar-refractivity contribution in [2.24, 2.45) is 5.10 Å². The summed E-state index contributed by atoms with van der Waals surface area (Å²) in [6, 6.07) is 16.3. The van der Waals surface area contributed by atoms with Crippen molar-refractivity contribution < 1.29 is 23.9 Å². The summed E-state index contributed by atoms with van der Waals surface area (Å²) >= 11 is 0. The number of morpholine rings is 1. The molecule has 2 aliphatic heterocycles. The Labute approximate surface area is 185 Å². The van der Waals surface area contributed by atoms with E-state index in [4.69, 9.17) is 9.47 Å². The molecule has 0 spiro atoms. The van der Waals surface area contributed by atoms with Crippen LogP contribution in [-0.4, -0.2) is 56.4 Å². The maximum Gasteiger partial charge on any atom is 0.355 e. The number of nitrogens with one attached hydrogen (secondary N) is 1. The summed E-state index contributed by atoms with van der Waals surface area (Å²) in [5.41, 5.74) is 2.35. The zero-order chi connectivity index (χ0) is 22.3. The van der Waals surface area contributed by atoms with Crippen LogP contribution in [0.1, 0.15) is 12.8 Å². The topological polar surface area (TPSA) is 101 Å². The van der Waals surface area contributed by atoms with Crippen molar-refractivity contribution in [3.63, 3.8) is 0 Å². The van der Waals surface area contributed by atoms with Gasteiger partial charge in [0.25, 0.3) is 5.91 Å². The zero-order valence-electron chi connectivity index (χ0n) is 17.5. The molecule has 0 saturated carbocycles. The predicted octanol–water partition coefficient (Wildman–Crippen LogP) is 2.19. The minimum absolute atomic E-state index is 0.108. The maximum absolute atomic E-state index is 12.4. The third-order valence-corrected chi connectivity index (χ3v) is 5.13. The van der Waals surface area contributed by atoms with Gasteiger partial charge in [-0.2, -0.15) is 5.10 Å². The number of hydrazone groups is 1. The highest BCUT2D eigenvalue weighted by atomic mass is 16.5. The Hall–Kier alpha value is -3.72. The molecule has 9 heteroatoms. The van der Waals surface area contributed by atoms with E-state index in [0.717, 1.165) is 18.8 Å². The van der Waals surface area contributed by atoms with Crippen LogP contribution in [-0.2, 0) is 23.9 Å². The number of amides is 2. The van der Waals surface area contributed by atoms with Crippen LogP contribution in [0.2, 0.25) is 0 Å². The molecule has 9 nitrogen and oxygen atoms in total. The summed E-state index contributed by atoms with van der Waals surface area (Å²) in [5, 5.41) is 8.03. The number of para-hydroxylation sites is 1. The zero-order valence-corrected chi connectivity index (χ0v) is 17.5. The van der Waals surface area contributed by atoms with Gasteiger partial charge in [0.15, 0.2) is 6.61 Å². The van der Waals surface area contributed by atoms with Gasteiger partial charge in [0.2, 0.25) is 5.91 Å². The summed E-state index contributed by atoms with van der Waals surface area (Å²) in [6.45, 7) is 2.62. The molecule has 1 fully saturated rings. The van der Waals surface area contributed by atoms with Gasteiger partial charge in [-0.3, -0.25) is 9.59 Å². The van der Waals surface area contributed by atoms with E-state index in [1.54, 1.807) is 36.4 Å². The normalized spacial score (nSPS) is 16.4. The van der Waals surface area contributed by atoms with Crippen LogP contribution in [0.15, 0.2) is 59.7 Å². The molecule has 4 rings (SSSR count). The summed E-state index contributed by atoms with van der Waals surface area (Å²) < 4.78 is 10.5. The average Bonchev–Trinajstić information content (AvgIpc) is 2.84. The number of hydrogen-bond acceptors (Lipinski definition) is 7. The molecule has 2 aromatic rings. The van der Waals surface area contributed by atoms with E-state index in [1.807, 2.05) is 18.2 Å². The second-order valence-electron chi connectivity index (χ2n) is 7.36. The lowest BCUT2D eigenvalue weighted by molar-refractivity contribution is -0.140. The standard InChI is InChI=1S/C23H24N4O5/c28-21(24-17-6-8-18(9-7-17)26-12-14-31-15-13-26)16-32-23(30)20-10-11-22(29)27(25-20)19-4-2-1-3-5-19/h1-9H,10-16H2,(H,24,28). The van der Waals surface area contributed by atoms with Crippen molar-refractivity contribution in [3.8, 4) is 0 Å². The van der Waals surface area contributed by atoms with Crippen LogP contribution in [0, 0.1) is 0 Å². The smallest absolute Gasteiger partial charge is 0.355 e. The first-order valence-electron chi connectivity index (χ1n) is 10.5.